The van der Waals surface area contributed by atoms with Crippen molar-refractivity contribution in [2.24, 2.45) is 4.99 Å². The first-order chi connectivity index (χ1) is 24.3. The van der Waals surface area contributed by atoms with Crippen LogP contribution in [0, 0.1) is 0 Å². The molecule has 8 rings (SSSR count). The number of aromatic nitrogens is 1. The highest BCUT2D eigenvalue weighted by Crippen LogP contribution is 2.43. The number of nitrogens with one attached hydrogen (secondary N) is 1. The number of hydrogen-bond donors (Lipinski definition) is 1. The average molecular weight is 673 g/mol. The number of rotatable bonds is 4. The molecule has 3 aliphatic heterocycles. The number of anilines is 2. The molecule has 4 amide bonds. The molecule has 0 atom stereocenters. The summed E-state index contributed by atoms with van der Waals surface area (Å²) in [5, 5.41) is 0.669. The lowest BCUT2D eigenvalue weighted by Gasteiger charge is -2.35. The Kier molecular flexibility index (Phi) is 7.03. The summed E-state index contributed by atoms with van der Waals surface area (Å²) in [6.45, 7) is 12.4. The van der Waals surface area contributed by atoms with Crippen LogP contribution in [-0.4, -0.2) is 34.8 Å². The Labute approximate surface area is 295 Å². The summed E-state index contributed by atoms with van der Waals surface area (Å²) in [7, 11) is 0. The van der Waals surface area contributed by atoms with Crippen LogP contribution in [-0.2, 0) is 10.8 Å². The van der Waals surface area contributed by atoms with E-state index >= 15 is 0 Å². The fourth-order valence-corrected chi connectivity index (χ4v) is 7.30. The van der Waals surface area contributed by atoms with Crippen molar-refractivity contribution in [2.45, 2.75) is 52.4 Å². The topological polar surface area (TPSA) is 103 Å². The van der Waals surface area contributed by atoms with E-state index in [0.717, 1.165) is 38.6 Å². The molecule has 0 spiro atoms. The van der Waals surface area contributed by atoms with Gasteiger partial charge in [0, 0.05) is 56.7 Å². The van der Waals surface area contributed by atoms with E-state index in [1.807, 2.05) is 54.7 Å². The molecule has 4 aromatic carbocycles. The quantitative estimate of drug-likeness (QED) is 0.193. The van der Waals surface area contributed by atoms with Gasteiger partial charge in [0.25, 0.3) is 23.6 Å². The molecule has 0 unspecified atom stereocenters. The fourth-order valence-electron chi connectivity index (χ4n) is 7.30. The molecular weight excluding hydrogens is 636 g/mol. The van der Waals surface area contributed by atoms with Crippen LogP contribution in [0.1, 0.15) is 105 Å². The standard InChI is InChI=1S/C43H36N4O4/c1-42(2,3)25-13-20-31(43(4,5)6)34(23-25)47-40(50)29-18-16-27-36-28(17-19-30(37(29)36)41(47)51)39(49)46(38(27)48)26-14-11-24(12-15-26)35(32-9-7-21-44-32)33-10-8-22-45-33/h7-23,44H,1-6H3/b35-33-. The number of imide groups is 2. The van der Waals surface area contributed by atoms with Crippen molar-refractivity contribution < 1.29 is 19.2 Å². The van der Waals surface area contributed by atoms with Crippen molar-refractivity contribution in [3.05, 3.63) is 148 Å². The predicted octanol–water partition coefficient (Wildman–Crippen LogP) is 8.76. The van der Waals surface area contributed by atoms with E-state index in [1.165, 1.54) is 4.90 Å². The van der Waals surface area contributed by atoms with E-state index in [2.05, 4.69) is 57.6 Å². The lowest BCUT2D eigenvalue weighted by Crippen LogP contribution is -2.44. The highest BCUT2D eigenvalue weighted by molar-refractivity contribution is 6.42. The summed E-state index contributed by atoms with van der Waals surface area (Å²) < 4.78 is 0. The summed E-state index contributed by atoms with van der Waals surface area (Å²) in [4.78, 5) is 67.3. The molecule has 0 aliphatic carbocycles. The van der Waals surface area contributed by atoms with Gasteiger partial charge in [0.15, 0.2) is 0 Å². The van der Waals surface area contributed by atoms with Crippen molar-refractivity contribution >= 4 is 57.6 Å². The van der Waals surface area contributed by atoms with Gasteiger partial charge in [-0.15, -0.1) is 0 Å². The first-order valence-electron chi connectivity index (χ1n) is 17.0. The van der Waals surface area contributed by atoms with Crippen molar-refractivity contribution in [1.82, 2.24) is 4.98 Å². The fraction of sp³-hybridized carbons (Fsp3) is 0.186. The molecule has 8 nitrogen and oxygen atoms in total. The third kappa shape index (κ3) is 4.93. The van der Waals surface area contributed by atoms with Gasteiger partial charge >= 0.3 is 0 Å². The van der Waals surface area contributed by atoms with Crippen LogP contribution in [0.15, 0.2) is 108 Å². The van der Waals surface area contributed by atoms with Crippen molar-refractivity contribution in [2.75, 3.05) is 9.80 Å². The summed E-state index contributed by atoms with van der Waals surface area (Å²) in [5.41, 5.74) is 6.72. The van der Waals surface area contributed by atoms with Gasteiger partial charge in [-0.3, -0.25) is 24.2 Å². The highest BCUT2D eigenvalue weighted by atomic mass is 16.2. The number of amides is 4. The SMILES string of the molecule is CC(C)(C)c1ccc(C(C)(C)C)c(N2C(=O)c3ccc4c5c(ccc(c35)C2=O)C(=O)N(c2ccc(/C(=C3\C=CC=N3)c3ccc[nH]3)cc2)C4=O)c1. The second-order valence-corrected chi connectivity index (χ2v) is 15.2. The normalized spacial score (nSPS) is 16.6. The zero-order valence-corrected chi connectivity index (χ0v) is 29.3. The Morgan fingerprint density at radius 2 is 1.22 bits per heavy atom. The molecule has 0 fully saturated rings. The Morgan fingerprint density at radius 1 is 0.647 bits per heavy atom. The lowest BCUT2D eigenvalue weighted by molar-refractivity contribution is 0.0872. The average Bonchev–Trinajstić information content (AvgIpc) is 3.82. The lowest BCUT2D eigenvalue weighted by atomic mass is 9.80. The van der Waals surface area contributed by atoms with Crippen molar-refractivity contribution in [3.63, 3.8) is 0 Å². The molecule has 5 aromatic rings. The number of carbonyl (C=O) groups excluding carboxylic acids is 4. The predicted molar refractivity (Wildman–Crippen MR) is 201 cm³/mol. The Hall–Kier alpha value is -6.15. The Balaban J connectivity index is 1.21. The smallest absolute Gasteiger partial charge is 0.265 e. The van der Waals surface area contributed by atoms with Gasteiger partial charge in [0.2, 0.25) is 0 Å². The zero-order valence-electron chi connectivity index (χ0n) is 29.3. The van der Waals surface area contributed by atoms with Crippen molar-refractivity contribution in [3.8, 4) is 0 Å². The molecule has 0 radical (unpaired) electrons. The molecule has 252 valence electrons. The van der Waals surface area contributed by atoms with Crippen LogP contribution < -0.4 is 9.80 Å². The number of hydrogen-bond acceptors (Lipinski definition) is 5. The van der Waals surface area contributed by atoms with Crippen LogP contribution in [0.3, 0.4) is 0 Å². The van der Waals surface area contributed by atoms with Gasteiger partial charge < -0.3 is 4.98 Å². The number of aliphatic imine (C=N–C) groups is 1. The van der Waals surface area contributed by atoms with Crippen LogP contribution in [0.4, 0.5) is 11.4 Å². The molecule has 0 saturated heterocycles. The van der Waals surface area contributed by atoms with E-state index in [1.54, 1.807) is 42.6 Å². The van der Waals surface area contributed by atoms with E-state index in [0.29, 0.717) is 22.1 Å². The summed E-state index contributed by atoms with van der Waals surface area (Å²) in [5.74, 6) is -2.02. The van der Waals surface area contributed by atoms with Gasteiger partial charge in [-0.25, -0.2) is 9.80 Å². The van der Waals surface area contributed by atoms with E-state index < -0.39 is 23.6 Å². The Bertz CT molecular complexity index is 2370. The summed E-state index contributed by atoms with van der Waals surface area (Å²) in [6.07, 6.45) is 7.38. The van der Waals surface area contributed by atoms with E-state index in [-0.39, 0.29) is 33.1 Å². The number of allylic oxidation sites excluding steroid dienone is 2. The number of H-pyrrole nitrogens is 1. The first-order valence-corrected chi connectivity index (χ1v) is 17.0. The zero-order chi connectivity index (χ0) is 36.0. The Morgan fingerprint density at radius 3 is 1.69 bits per heavy atom. The number of carbonyl (C=O) groups is 4. The van der Waals surface area contributed by atoms with Crippen LogP contribution >= 0.6 is 0 Å². The number of benzene rings is 4. The molecule has 3 aliphatic rings. The number of aromatic amines is 1. The van der Waals surface area contributed by atoms with Gasteiger partial charge in [-0.2, -0.15) is 0 Å². The maximum atomic E-state index is 14.4. The second-order valence-electron chi connectivity index (χ2n) is 15.2. The highest BCUT2D eigenvalue weighted by Gasteiger charge is 2.42. The number of nitrogens with zero attached hydrogens (tertiary/aromatic N) is 3. The molecule has 4 heterocycles. The maximum absolute atomic E-state index is 14.4. The summed E-state index contributed by atoms with van der Waals surface area (Å²) in [6, 6.07) is 23.5. The van der Waals surface area contributed by atoms with Gasteiger partial charge in [0.1, 0.15) is 0 Å². The molecular formula is C43H36N4O4. The van der Waals surface area contributed by atoms with Gasteiger partial charge in [-0.05, 0) is 94.3 Å². The third-order valence-electron chi connectivity index (χ3n) is 9.90. The molecule has 1 aromatic heterocycles. The van der Waals surface area contributed by atoms with Gasteiger partial charge in [0.05, 0.1) is 17.1 Å². The van der Waals surface area contributed by atoms with E-state index in [4.69, 9.17) is 0 Å². The first kappa shape index (κ1) is 32.1. The van der Waals surface area contributed by atoms with E-state index in [9.17, 15) is 19.2 Å². The van der Waals surface area contributed by atoms with Gasteiger partial charge in [-0.1, -0.05) is 65.8 Å². The molecule has 51 heavy (non-hydrogen) atoms. The van der Waals surface area contributed by atoms with Crippen LogP contribution in [0.25, 0.3) is 16.3 Å². The molecule has 1 N–H and O–H groups in total. The minimum atomic E-state index is -0.523. The summed E-state index contributed by atoms with van der Waals surface area (Å²) >= 11 is 0. The van der Waals surface area contributed by atoms with Crippen LogP contribution in [0.5, 0.6) is 0 Å². The molecule has 0 saturated carbocycles. The minimum absolute atomic E-state index is 0.220. The van der Waals surface area contributed by atoms with Crippen LogP contribution in [0.2, 0.25) is 0 Å². The largest absolute Gasteiger partial charge is 0.361 e. The molecule has 8 heteroatoms. The molecule has 0 bridgehead atoms. The monoisotopic (exact) mass is 672 g/mol. The van der Waals surface area contributed by atoms with Crippen molar-refractivity contribution in [1.29, 1.82) is 0 Å². The second kappa shape index (κ2) is 11.2. The third-order valence-corrected chi connectivity index (χ3v) is 9.90. The maximum Gasteiger partial charge on any atom is 0.265 e. The minimum Gasteiger partial charge on any atom is -0.361 e.